The molecule has 1 aromatic heterocycles. The number of aromatic hydroxyl groups is 1. The second kappa shape index (κ2) is 6.27. The Hall–Kier alpha value is -2.77. The summed E-state index contributed by atoms with van der Waals surface area (Å²) in [4.78, 5) is 20.9. The van der Waals surface area contributed by atoms with Crippen LogP contribution < -0.4 is 5.32 Å². The number of hydrogen-bond acceptors (Lipinski definition) is 6. The van der Waals surface area contributed by atoms with E-state index in [9.17, 15) is 9.90 Å². The summed E-state index contributed by atoms with van der Waals surface area (Å²) in [5, 5.41) is 13.3. The lowest BCUT2D eigenvalue weighted by atomic mass is 10.2. The maximum Gasteiger partial charge on any atom is 0.325 e. The van der Waals surface area contributed by atoms with Gasteiger partial charge in [-0.2, -0.15) is 9.98 Å². The van der Waals surface area contributed by atoms with Gasteiger partial charge in [0, 0.05) is 10.6 Å². The fourth-order valence-electron chi connectivity index (χ4n) is 2.26. The van der Waals surface area contributed by atoms with E-state index in [2.05, 4.69) is 15.3 Å². The predicted molar refractivity (Wildman–Crippen MR) is 97.9 cm³/mol. The Kier molecular flexibility index (Phi) is 3.95. The van der Waals surface area contributed by atoms with Crippen molar-refractivity contribution in [2.45, 2.75) is 0 Å². The van der Waals surface area contributed by atoms with Crippen molar-refractivity contribution in [1.29, 1.82) is 0 Å². The number of hydrogen-bond donors (Lipinski definition) is 2. The number of nitrogens with zero attached hydrogens (tertiary/aromatic N) is 2. The lowest BCUT2D eigenvalue weighted by Crippen LogP contribution is -2.19. The largest absolute Gasteiger partial charge is 0.507 e. The molecule has 4 rings (SSSR count). The van der Waals surface area contributed by atoms with Crippen LogP contribution in [-0.2, 0) is 4.79 Å². The standard InChI is InChI=1S/C17H10ClN3O3S/c18-10-5-6-12(22)9(7-10)8-14-15(23)20-17(25-14)21-16-19-11-3-1-2-4-13(11)24-16/h1-8,22H,(H,19,20,21,23)/b14-8-. The number of halogens is 1. The number of carbonyl (C=O) groups is 1. The van der Waals surface area contributed by atoms with E-state index < -0.39 is 0 Å². The molecule has 1 aliphatic heterocycles. The number of rotatable bonds is 2. The minimum atomic E-state index is -0.320. The molecule has 1 saturated heterocycles. The van der Waals surface area contributed by atoms with Gasteiger partial charge in [-0.25, -0.2) is 0 Å². The Morgan fingerprint density at radius 3 is 2.96 bits per heavy atom. The topological polar surface area (TPSA) is 87.7 Å². The van der Waals surface area contributed by atoms with E-state index in [0.717, 1.165) is 11.8 Å². The third-order valence-corrected chi connectivity index (χ3v) is 4.55. The van der Waals surface area contributed by atoms with Crippen molar-refractivity contribution in [2.75, 3.05) is 0 Å². The van der Waals surface area contributed by atoms with Crippen LogP contribution in [0.1, 0.15) is 5.56 Å². The first kappa shape index (κ1) is 15.7. The Balaban J connectivity index is 1.63. The molecule has 1 fully saturated rings. The minimum Gasteiger partial charge on any atom is -0.507 e. The van der Waals surface area contributed by atoms with E-state index >= 15 is 0 Å². The number of phenols is 1. The monoisotopic (exact) mass is 371 g/mol. The van der Waals surface area contributed by atoms with Crippen molar-refractivity contribution in [3.05, 3.63) is 58.0 Å². The van der Waals surface area contributed by atoms with E-state index in [1.807, 2.05) is 18.2 Å². The van der Waals surface area contributed by atoms with Gasteiger partial charge >= 0.3 is 6.01 Å². The third-order valence-electron chi connectivity index (χ3n) is 3.41. The lowest BCUT2D eigenvalue weighted by molar-refractivity contribution is -0.115. The maximum atomic E-state index is 12.1. The Morgan fingerprint density at radius 2 is 2.12 bits per heavy atom. The number of aromatic nitrogens is 1. The second-order valence-corrected chi connectivity index (χ2v) is 6.62. The molecule has 25 heavy (non-hydrogen) atoms. The van der Waals surface area contributed by atoms with Crippen LogP contribution in [0.15, 0.2) is 56.8 Å². The van der Waals surface area contributed by atoms with Crippen LogP contribution >= 0.6 is 23.4 Å². The summed E-state index contributed by atoms with van der Waals surface area (Å²) in [6.45, 7) is 0. The number of carbonyl (C=O) groups excluding carboxylic acids is 1. The molecule has 8 heteroatoms. The summed E-state index contributed by atoms with van der Waals surface area (Å²) in [6, 6.07) is 12.1. The molecule has 0 atom stereocenters. The van der Waals surface area contributed by atoms with Gasteiger partial charge in [0.15, 0.2) is 10.8 Å². The second-order valence-electron chi connectivity index (χ2n) is 5.15. The number of amidine groups is 1. The fraction of sp³-hybridized carbons (Fsp3) is 0. The zero-order chi connectivity index (χ0) is 17.4. The highest BCUT2D eigenvalue weighted by Crippen LogP contribution is 2.31. The van der Waals surface area contributed by atoms with Crippen LogP contribution in [0.2, 0.25) is 5.02 Å². The van der Waals surface area contributed by atoms with Crippen LogP contribution in [-0.4, -0.2) is 21.2 Å². The van der Waals surface area contributed by atoms with Gasteiger partial charge in [-0.3, -0.25) is 4.79 Å². The number of oxazole rings is 1. The smallest absolute Gasteiger partial charge is 0.325 e. The molecule has 3 aromatic rings. The highest BCUT2D eigenvalue weighted by Gasteiger charge is 2.25. The van der Waals surface area contributed by atoms with E-state index in [0.29, 0.717) is 31.8 Å². The van der Waals surface area contributed by atoms with E-state index in [1.165, 1.54) is 6.07 Å². The molecule has 2 N–H and O–H groups in total. The molecule has 2 aromatic carbocycles. The zero-order valence-electron chi connectivity index (χ0n) is 12.6. The predicted octanol–water partition coefficient (Wildman–Crippen LogP) is 4.08. The minimum absolute atomic E-state index is 0.0367. The summed E-state index contributed by atoms with van der Waals surface area (Å²) < 4.78 is 5.51. The average molecular weight is 372 g/mol. The molecule has 0 aliphatic carbocycles. The van der Waals surface area contributed by atoms with Gasteiger partial charge in [-0.05, 0) is 48.2 Å². The van der Waals surface area contributed by atoms with E-state index in [-0.39, 0.29) is 17.7 Å². The van der Waals surface area contributed by atoms with Crippen molar-refractivity contribution in [2.24, 2.45) is 4.99 Å². The number of thioether (sulfide) groups is 1. The van der Waals surface area contributed by atoms with E-state index in [1.54, 1.807) is 24.3 Å². The summed E-state index contributed by atoms with van der Waals surface area (Å²) in [7, 11) is 0. The van der Waals surface area contributed by atoms with Crippen LogP contribution in [0.3, 0.4) is 0 Å². The number of fused-ring (bicyclic) bond motifs is 1. The van der Waals surface area contributed by atoms with Crippen LogP contribution in [0.4, 0.5) is 6.01 Å². The molecular formula is C17H10ClN3O3S. The molecule has 124 valence electrons. The van der Waals surface area contributed by atoms with Crippen molar-refractivity contribution in [3.8, 4) is 5.75 Å². The molecule has 1 aliphatic rings. The van der Waals surface area contributed by atoms with Crippen molar-refractivity contribution < 1.29 is 14.3 Å². The van der Waals surface area contributed by atoms with Gasteiger partial charge in [-0.15, -0.1) is 0 Å². The number of nitrogens with one attached hydrogen (secondary N) is 1. The van der Waals surface area contributed by atoms with Gasteiger partial charge < -0.3 is 14.8 Å². The SMILES string of the molecule is O=C1N/C(=N\c2nc3ccccc3o2)S/C1=C\c1cc(Cl)ccc1O. The first-order chi connectivity index (χ1) is 12.1. The Labute approximate surface area is 151 Å². The molecule has 0 unspecified atom stereocenters. The zero-order valence-corrected chi connectivity index (χ0v) is 14.1. The van der Waals surface area contributed by atoms with Gasteiger partial charge in [0.05, 0.1) is 4.91 Å². The molecule has 0 spiro atoms. The Morgan fingerprint density at radius 1 is 1.28 bits per heavy atom. The van der Waals surface area contributed by atoms with Crippen LogP contribution in [0, 0.1) is 0 Å². The molecule has 1 amide bonds. The van der Waals surface area contributed by atoms with Gasteiger partial charge in [-0.1, -0.05) is 23.7 Å². The average Bonchev–Trinajstić information content (AvgIpc) is 3.14. The summed E-state index contributed by atoms with van der Waals surface area (Å²) in [5.41, 5.74) is 1.76. The molecular weight excluding hydrogens is 362 g/mol. The first-order valence-corrected chi connectivity index (χ1v) is 8.41. The number of phenolic OH excluding ortho intramolecular Hbond substituents is 1. The highest BCUT2D eigenvalue weighted by molar-refractivity contribution is 8.18. The highest BCUT2D eigenvalue weighted by atomic mass is 35.5. The Bertz CT molecular complexity index is 1030. The first-order valence-electron chi connectivity index (χ1n) is 7.22. The summed E-state index contributed by atoms with van der Waals surface area (Å²) in [6.07, 6.45) is 1.55. The van der Waals surface area contributed by atoms with Gasteiger partial charge in [0.2, 0.25) is 0 Å². The molecule has 6 nitrogen and oxygen atoms in total. The van der Waals surface area contributed by atoms with Crippen LogP contribution in [0.5, 0.6) is 5.75 Å². The van der Waals surface area contributed by atoms with Crippen molar-refractivity contribution in [3.63, 3.8) is 0 Å². The summed E-state index contributed by atoms with van der Waals surface area (Å²) >= 11 is 7.05. The number of benzene rings is 2. The van der Waals surface area contributed by atoms with Crippen LogP contribution in [0.25, 0.3) is 17.2 Å². The van der Waals surface area contributed by atoms with Gasteiger partial charge in [0.25, 0.3) is 5.91 Å². The lowest BCUT2D eigenvalue weighted by Gasteiger charge is -2.00. The number of amides is 1. The summed E-state index contributed by atoms with van der Waals surface area (Å²) in [5.74, 6) is -0.283. The van der Waals surface area contributed by atoms with Crippen molar-refractivity contribution >= 4 is 57.6 Å². The fourth-order valence-corrected chi connectivity index (χ4v) is 3.24. The molecule has 0 saturated carbocycles. The van der Waals surface area contributed by atoms with Crippen molar-refractivity contribution in [1.82, 2.24) is 10.3 Å². The number of aliphatic imine (C=N–C) groups is 1. The normalized spacial score (nSPS) is 17.6. The van der Waals surface area contributed by atoms with E-state index in [4.69, 9.17) is 16.0 Å². The quantitative estimate of drug-likeness (QED) is 0.663. The number of para-hydroxylation sites is 2. The molecule has 0 bridgehead atoms. The maximum absolute atomic E-state index is 12.1. The van der Waals surface area contributed by atoms with Gasteiger partial charge in [0.1, 0.15) is 11.3 Å². The third kappa shape index (κ3) is 3.24. The molecule has 2 heterocycles. The molecule has 0 radical (unpaired) electrons.